The van der Waals surface area contributed by atoms with Crippen LogP contribution in [0.15, 0.2) is 16.9 Å². The lowest BCUT2D eigenvalue weighted by Crippen LogP contribution is -2.52. The van der Waals surface area contributed by atoms with E-state index in [0.717, 1.165) is 31.9 Å². The predicted molar refractivity (Wildman–Crippen MR) is 58.4 cm³/mol. The molecule has 84 valence electrons. The molecule has 0 saturated carbocycles. The maximum atomic E-state index is 4.84. The third-order valence-electron chi connectivity index (χ3n) is 2.97. The summed E-state index contributed by atoms with van der Waals surface area (Å²) >= 11 is 0. The first-order valence-electron chi connectivity index (χ1n) is 5.60. The van der Waals surface area contributed by atoms with Gasteiger partial charge in [-0.25, -0.2) is 0 Å². The SMILES string of the molecule is CC(C)C1CN(Cc2ccon2)CCN1. The molecule has 0 bridgehead atoms. The first kappa shape index (κ1) is 10.6. The lowest BCUT2D eigenvalue weighted by Gasteiger charge is -2.35. The van der Waals surface area contributed by atoms with Gasteiger partial charge in [0.15, 0.2) is 0 Å². The van der Waals surface area contributed by atoms with E-state index in [1.165, 1.54) is 0 Å². The van der Waals surface area contributed by atoms with Crippen molar-refractivity contribution in [1.82, 2.24) is 15.4 Å². The quantitative estimate of drug-likeness (QED) is 0.809. The minimum absolute atomic E-state index is 0.602. The lowest BCUT2D eigenvalue weighted by molar-refractivity contribution is 0.165. The van der Waals surface area contributed by atoms with Crippen LogP contribution in [0.1, 0.15) is 19.5 Å². The fourth-order valence-corrected chi connectivity index (χ4v) is 1.98. The Hall–Kier alpha value is -0.870. The van der Waals surface area contributed by atoms with E-state index < -0.39 is 0 Å². The van der Waals surface area contributed by atoms with Crippen molar-refractivity contribution in [3.63, 3.8) is 0 Å². The second kappa shape index (κ2) is 4.77. The van der Waals surface area contributed by atoms with Crippen LogP contribution in [0.5, 0.6) is 0 Å². The highest BCUT2D eigenvalue weighted by Crippen LogP contribution is 2.10. The molecular weight excluding hydrogens is 190 g/mol. The number of rotatable bonds is 3. The average Bonchev–Trinajstić information content (AvgIpc) is 2.71. The Labute approximate surface area is 90.6 Å². The van der Waals surface area contributed by atoms with Crippen molar-refractivity contribution in [3.8, 4) is 0 Å². The fraction of sp³-hybridized carbons (Fsp3) is 0.727. The molecule has 1 unspecified atom stereocenters. The highest BCUT2D eigenvalue weighted by Gasteiger charge is 2.21. The average molecular weight is 209 g/mol. The molecule has 4 heteroatoms. The Morgan fingerprint density at radius 2 is 2.53 bits per heavy atom. The maximum Gasteiger partial charge on any atom is 0.124 e. The zero-order valence-electron chi connectivity index (χ0n) is 9.44. The van der Waals surface area contributed by atoms with E-state index in [2.05, 4.69) is 29.2 Å². The van der Waals surface area contributed by atoms with Crippen molar-refractivity contribution >= 4 is 0 Å². The molecule has 0 amide bonds. The Bertz CT molecular complexity index is 284. The molecule has 0 spiro atoms. The van der Waals surface area contributed by atoms with Crippen LogP contribution < -0.4 is 5.32 Å². The molecule has 0 aromatic carbocycles. The number of piperazine rings is 1. The number of nitrogens with one attached hydrogen (secondary N) is 1. The van der Waals surface area contributed by atoms with Crippen LogP contribution in [0, 0.1) is 5.92 Å². The zero-order valence-corrected chi connectivity index (χ0v) is 9.44. The van der Waals surface area contributed by atoms with E-state index in [1.54, 1.807) is 6.26 Å². The first-order valence-corrected chi connectivity index (χ1v) is 5.60. The lowest BCUT2D eigenvalue weighted by atomic mass is 10.0. The van der Waals surface area contributed by atoms with Gasteiger partial charge in [-0.1, -0.05) is 19.0 Å². The monoisotopic (exact) mass is 209 g/mol. The molecule has 1 aliphatic heterocycles. The summed E-state index contributed by atoms with van der Waals surface area (Å²) in [7, 11) is 0. The minimum Gasteiger partial charge on any atom is -0.364 e. The van der Waals surface area contributed by atoms with Crippen LogP contribution in [0.25, 0.3) is 0 Å². The predicted octanol–water partition coefficient (Wildman–Crippen LogP) is 1.10. The Balaban J connectivity index is 1.88. The second-order valence-electron chi connectivity index (χ2n) is 4.53. The van der Waals surface area contributed by atoms with E-state index in [9.17, 15) is 0 Å². The van der Waals surface area contributed by atoms with E-state index in [4.69, 9.17) is 4.52 Å². The number of nitrogens with zero attached hydrogens (tertiary/aromatic N) is 2. The van der Waals surface area contributed by atoms with Gasteiger partial charge in [0, 0.05) is 38.3 Å². The van der Waals surface area contributed by atoms with Gasteiger partial charge in [0.1, 0.15) is 6.26 Å². The molecule has 1 fully saturated rings. The highest BCUT2D eigenvalue weighted by molar-refractivity contribution is 4.96. The molecule has 0 radical (unpaired) electrons. The molecule has 1 N–H and O–H groups in total. The summed E-state index contributed by atoms with van der Waals surface area (Å²) < 4.78 is 4.84. The van der Waals surface area contributed by atoms with E-state index in [0.29, 0.717) is 12.0 Å². The van der Waals surface area contributed by atoms with Gasteiger partial charge in [-0.15, -0.1) is 0 Å². The smallest absolute Gasteiger partial charge is 0.124 e. The molecule has 1 aliphatic rings. The topological polar surface area (TPSA) is 41.3 Å². The molecule has 4 nitrogen and oxygen atoms in total. The van der Waals surface area contributed by atoms with Crippen molar-refractivity contribution in [3.05, 3.63) is 18.0 Å². The van der Waals surface area contributed by atoms with Gasteiger partial charge in [0.25, 0.3) is 0 Å². The van der Waals surface area contributed by atoms with Crippen molar-refractivity contribution in [2.45, 2.75) is 26.4 Å². The summed E-state index contributed by atoms with van der Waals surface area (Å²) in [4.78, 5) is 2.43. The molecule has 2 heterocycles. The molecule has 1 aromatic heterocycles. The molecule has 1 saturated heterocycles. The van der Waals surface area contributed by atoms with Gasteiger partial charge in [0.2, 0.25) is 0 Å². The second-order valence-corrected chi connectivity index (χ2v) is 4.53. The molecule has 1 atom stereocenters. The van der Waals surface area contributed by atoms with Gasteiger partial charge in [0.05, 0.1) is 5.69 Å². The molecule has 1 aromatic rings. The van der Waals surface area contributed by atoms with Crippen LogP contribution in [-0.4, -0.2) is 35.7 Å². The standard InChI is InChI=1S/C11H19N3O/c1-9(2)11-8-14(5-4-12-11)7-10-3-6-15-13-10/h3,6,9,11-12H,4-5,7-8H2,1-2H3. The zero-order chi connectivity index (χ0) is 10.7. The maximum absolute atomic E-state index is 4.84. The van der Waals surface area contributed by atoms with E-state index in [1.807, 2.05) is 6.07 Å². The molecule has 0 aliphatic carbocycles. The molecule has 2 rings (SSSR count). The largest absolute Gasteiger partial charge is 0.364 e. The van der Waals surface area contributed by atoms with Crippen molar-refractivity contribution in [2.75, 3.05) is 19.6 Å². The summed E-state index contributed by atoms with van der Waals surface area (Å²) in [5.41, 5.74) is 1.03. The normalized spacial score (nSPS) is 23.5. The Morgan fingerprint density at radius 3 is 3.20 bits per heavy atom. The molecular formula is C11H19N3O. The molecule has 15 heavy (non-hydrogen) atoms. The van der Waals surface area contributed by atoms with Crippen LogP contribution in [0.3, 0.4) is 0 Å². The number of hydrogen-bond donors (Lipinski definition) is 1. The van der Waals surface area contributed by atoms with Crippen LogP contribution >= 0.6 is 0 Å². The van der Waals surface area contributed by atoms with Gasteiger partial charge in [-0.3, -0.25) is 4.90 Å². The summed E-state index contributed by atoms with van der Waals surface area (Å²) in [6.07, 6.45) is 1.64. The Kier molecular flexibility index (Phi) is 3.38. The van der Waals surface area contributed by atoms with Gasteiger partial charge in [-0.05, 0) is 5.92 Å². The van der Waals surface area contributed by atoms with Gasteiger partial charge in [-0.2, -0.15) is 0 Å². The van der Waals surface area contributed by atoms with Crippen molar-refractivity contribution in [2.24, 2.45) is 5.92 Å². The number of aromatic nitrogens is 1. The third kappa shape index (κ3) is 2.79. The van der Waals surface area contributed by atoms with Gasteiger partial charge < -0.3 is 9.84 Å². The summed E-state index contributed by atoms with van der Waals surface area (Å²) in [6, 6.07) is 2.54. The van der Waals surface area contributed by atoms with Crippen molar-refractivity contribution in [1.29, 1.82) is 0 Å². The highest BCUT2D eigenvalue weighted by atomic mass is 16.5. The minimum atomic E-state index is 0.602. The summed E-state index contributed by atoms with van der Waals surface area (Å²) in [5, 5.41) is 7.49. The summed E-state index contributed by atoms with van der Waals surface area (Å²) in [6.45, 7) is 8.69. The Morgan fingerprint density at radius 1 is 1.67 bits per heavy atom. The van der Waals surface area contributed by atoms with E-state index >= 15 is 0 Å². The van der Waals surface area contributed by atoms with Crippen LogP contribution in [0.2, 0.25) is 0 Å². The van der Waals surface area contributed by atoms with Crippen molar-refractivity contribution < 1.29 is 4.52 Å². The van der Waals surface area contributed by atoms with Crippen LogP contribution in [0.4, 0.5) is 0 Å². The first-order chi connectivity index (χ1) is 7.25. The van der Waals surface area contributed by atoms with Gasteiger partial charge >= 0.3 is 0 Å². The van der Waals surface area contributed by atoms with Crippen LogP contribution in [-0.2, 0) is 6.54 Å². The summed E-state index contributed by atoms with van der Waals surface area (Å²) in [5.74, 6) is 0.685. The third-order valence-corrected chi connectivity index (χ3v) is 2.97. The fourth-order valence-electron chi connectivity index (χ4n) is 1.98. The number of hydrogen-bond acceptors (Lipinski definition) is 4. The van der Waals surface area contributed by atoms with E-state index in [-0.39, 0.29) is 0 Å².